The SMILES string of the molecule is COCC(=O)Nc1ccc(NC(=O)CCSc2ccccc2)cc1. The molecule has 2 rings (SSSR count). The van der Waals surface area contributed by atoms with Crippen molar-refractivity contribution in [3.63, 3.8) is 0 Å². The van der Waals surface area contributed by atoms with Crippen LogP contribution in [0.3, 0.4) is 0 Å². The lowest BCUT2D eigenvalue weighted by atomic mass is 10.2. The molecule has 0 radical (unpaired) electrons. The molecule has 0 atom stereocenters. The molecule has 24 heavy (non-hydrogen) atoms. The van der Waals surface area contributed by atoms with E-state index in [0.29, 0.717) is 17.8 Å². The lowest BCUT2D eigenvalue weighted by Crippen LogP contribution is -2.17. The van der Waals surface area contributed by atoms with Crippen molar-refractivity contribution >= 4 is 35.0 Å². The van der Waals surface area contributed by atoms with Crippen LogP contribution in [0.2, 0.25) is 0 Å². The molecule has 0 aliphatic heterocycles. The van der Waals surface area contributed by atoms with Crippen LogP contribution in [0, 0.1) is 0 Å². The standard InChI is InChI=1S/C18H20N2O3S/c1-23-13-18(22)20-15-9-7-14(8-10-15)19-17(21)11-12-24-16-5-3-2-4-6-16/h2-10H,11-13H2,1H3,(H,19,21)(H,20,22). The highest BCUT2D eigenvalue weighted by Gasteiger charge is 2.04. The molecule has 2 amide bonds. The van der Waals surface area contributed by atoms with Crippen molar-refractivity contribution in [2.45, 2.75) is 11.3 Å². The Balaban J connectivity index is 1.74. The summed E-state index contributed by atoms with van der Waals surface area (Å²) in [7, 11) is 1.47. The topological polar surface area (TPSA) is 67.4 Å². The van der Waals surface area contributed by atoms with Gasteiger partial charge in [0.1, 0.15) is 6.61 Å². The first-order valence-corrected chi connectivity index (χ1v) is 8.52. The molecule has 126 valence electrons. The molecule has 6 heteroatoms. The molecule has 0 aliphatic rings. The van der Waals surface area contributed by atoms with E-state index in [1.54, 1.807) is 36.0 Å². The molecule has 0 fully saturated rings. The molecular weight excluding hydrogens is 324 g/mol. The van der Waals surface area contributed by atoms with Crippen molar-refractivity contribution in [2.24, 2.45) is 0 Å². The van der Waals surface area contributed by atoms with Gasteiger partial charge in [-0.3, -0.25) is 9.59 Å². The highest BCUT2D eigenvalue weighted by molar-refractivity contribution is 7.99. The Labute approximate surface area is 145 Å². The zero-order valence-electron chi connectivity index (χ0n) is 13.5. The molecule has 0 unspecified atom stereocenters. The van der Waals surface area contributed by atoms with Gasteiger partial charge in [0.25, 0.3) is 0 Å². The predicted molar refractivity (Wildman–Crippen MR) is 97.4 cm³/mol. The van der Waals surface area contributed by atoms with Crippen LogP contribution in [0.25, 0.3) is 0 Å². The van der Waals surface area contributed by atoms with Gasteiger partial charge in [-0.2, -0.15) is 0 Å². The molecule has 0 aromatic heterocycles. The van der Waals surface area contributed by atoms with Crippen molar-refractivity contribution in [1.29, 1.82) is 0 Å². The lowest BCUT2D eigenvalue weighted by Gasteiger charge is -2.08. The fourth-order valence-electron chi connectivity index (χ4n) is 1.97. The Morgan fingerprint density at radius 3 is 2.08 bits per heavy atom. The largest absolute Gasteiger partial charge is 0.375 e. The maximum Gasteiger partial charge on any atom is 0.250 e. The fraction of sp³-hybridized carbons (Fsp3) is 0.222. The average molecular weight is 344 g/mol. The highest BCUT2D eigenvalue weighted by Crippen LogP contribution is 2.18. The number of benzene rings is 2. The maximum atomic E-state index is 11.9. The number of methoxy groups -OCH3 is 1. The minimum atomic E-state index is -0.216. The number of anilines is 2. The zero-order valence-corrected chi connectivity index (χ0v) is 14.3. The van der Waals surface area contributed by atoms with Crippen LogP contribution >= 0.6 is 11.8 Å². The molecule has 0 heterocycles. The van der Waals surface area contributed by atoms with Gasteiger partial charge in [-0.25, -0.2) is 0 Å². The van der Waals surface area contributed by atoms with Crippen LogP contribution in [0.5, 0.6) is 0 Å². The Kier molecular flexibility index (Phi) is 7.32. The summed E-state index contributed by atoms with van der Waals surface area (Å²) >= 11 is 1.65. The summed E-state index contributed by atoms with van der Waals surface area (Å²) in [6.07, 6.45) is 0.436. The third-order valence-corrected chi connectivity index (χ3v) is 4.08. The van der Waals surface area contributed by atoms with E-state index >= 15 is 0 Å². The van der Waals surface area contributed by atoms with Crippen molar-refractivity contribution in [3.8, 4) is 0 Å². The summed E-state index contributed by atoms with van der Waals surface area (Å²) in [4.78, 5) is 24.5. The number of ether oxygens (including phenoxy) is 1. The number of hydrogen-bond acceptors (Lipinski definition) is 4. The van der Waals surface area contributed by atoms with Crippen LogP contribution in [-0.4, -0.2) is 31.3 Å². The monoisotopic (exact) mass is 344 g/mol. The van der Waals surface area contributed by atoms with Crippen LogP contribution < -0.4 is 10.6 Å². The number of nitrogens with one attached hydrogen (secondary N) is 2. The first-order chi connectivity index (χ1) is 11.7. The maximum absolute atomic E-state index is 11.9. The molecule has 0 saturated heterocycles. The Morgan fingerprint density at radius 2 is 1.50 bits per heavy atom. The molecule has 5 nitrogen and oxygen atoms in total. The minimum absolute atomic E-state index is 0.0115. The number of carbonyl (C=O) groups is 2. The molecule has 0 bridgehead atoms. The summed E-state index contributed by atoms with van der Waals surface area (Å²) < 4.78 is 4.75. The summed E-state index contributed by atoms with van der Waals surface area (Å²) in [5, 5.41) is 5.54. The molecule has 2 aromatic rings. The van der Waals surface area contributed by atoms with E-state index < -0.39 is 0 Å². The third-order valence-electron chi connectivity index (χ3n) is 3.07. The Morgan fingerprint density at radius 1 is 0.917 bits per heavy atom. The van der Waals surface area contributed by atoms with Crippen LogP contribution in [0.1, 0.15) is 6.42 Å². The number of thioether (sulfide) groups is 1. The van der Waals surface area contributed by atoms with E-state index in [4.69, 9.17) is 4.74 Å². The summed E-state index contributed by atoms with van der Waals surface area (Å²) in [5.41, 5.74) is 1.36. The van der Waals surface area contributed by atoms with Crippen molar-refractivity contribution in [2.75, 3.05) is 30.1 Å². The van der Waals surface area contributed by atoms with E-state index in [0.717, 1.165) is 10.6 Å². The average Bonchev–Trinajstić information content (AvgIpc) is 2.58. The Hall–Kier alpha value is -2.31. The van der Waals surface area contributed by atoms with E-state index in [-0.39, 0.29) is 18.4 Å². The quantitative estimate of drug-likeness (QED) is 0.720. The van der Waals surface area contributed by atoms with E-state index in [2.05, 4.69) is 10.6 Å². The number of hydrogen-bond donors (Lipinski definition) is 2. The minimum Gasteiger partial charge on any atom is -0.375 e. The van der Waals surface area contributed by atoms with Crippen molar-refractivity contribution < 1.29 is 14.3 Å². The number of carbonyl (C=O) groups excluding carboxylic acids is 2. The van der Waals surface area contributed by atoms with Crippen molar-refractivity contribution in [1.82, 2.24) is 0 Å². The summed E-state index contributed by atoms with van der Waals surface area (Å²) in [6.45, 7) is 0.0115. The van der Waals surface area contributed by atoms with Gasteiger partial charge in [-0.05, 0) is 36.4 Å². The van der Waals surface area contributed by atoms with Gasteiger partial charge in [0.05, 0.1) is 0 Å². The second-order valence-electron chi connectivity index (χ2n) is 5.02. The van der Waals surface area contributed by atoms with E-state index in [1.165, 1.54) is 7.11 Å². The second kappa shape index (κ2) is 9.75. The first-order valence-electron chi connectivity index (χ1n) is 7.54. The van der Waals surface area contributed by atoms with Crippen LogP contribution in [0.15, 0.2) is 59.5 Å². The van der Waals surface area contributed by atoms with Gasteiger partial charge < -0.3 is 15.4 Å². The fourth-order valence-corrected chi connectivity index (χ4v) is 2.84. The second-order valence-corrected chi connectivity index (χ2v) is 6.19. The smallest absolute Gasteiger partial charge is 0.250 e. The predicted octanol–water partition coefficient (Wildman–Crippen LogP) is 3.39. The van der Waals surface area contributed by atoms with E-state index in [9.17, 15) is 9.59 Å². The van der Waals surface area contributed by atoms with E-state index in [1.807, 2.05) is 30.3 Å². The normalized spacial score (nSPS) is 10.2. The van der Waals surface area contributed by atoms with Gasteiger partial charge in [-0.1, -0.05) is 18.2 Å². The third kappa shape index (κ3) is 6.44. The number of amides is 2. The molecule has 2 aromatic carbocycles. The molecular formula is C18H20N2O3S. The van der Waals surface area contributed by atoms with Gasteiger partial charge in [0, 0.05) is 35.6 Å². The molecule has 0 aliphatic carbocycles. The van der Waals surface area contributed by atoms with Gasteiger partial charge >= 0.3 is 0 Å². The van der Waals surface area contributed by atoms with Gasteiger partial charge in [0.2, 0.25) is 11.8 Å². The van der Waals surface area contributed by atoms with Gasteiger partial charge in [0.15, 0.2) is 0 Å². The molecule has 0 spiro atoms. The summed E-state index contributed by atoms with van der Waals surface area (Å²) in [6, 6.07) is 17.0. The molecule has 2 N–H and O–H groups in total. The van der Waals surface area contributed by atoms with Crippen LogP contribution in [-0.2, 0) is 14.3 Å². The lowest BCUT2D eigenvalue weighted by molar-refractivity contribution is -0.119. The Bertz CT molecular complexity index is 660. The molecule has 0 saturated carbocycles. The van der Waals surface area contributed by atoms with Crippen molar-refractivity contribution in [3.05, 3.63) is 54.6 Å². The number of rotatable bonds is 8. The first kappa shape index (κ1) is 18.0. The summed E-state index contributed by atoms with van der Waals surface area (Å²) in [5.74, 6) is 0.475. The van der Waals surface area contributed by atoms with Gasteiger partial charge in [-0.15, -0.1) is 11.8 Å². The zero-order chi connectivity index (χ0) is 17.2. The highest BCUT2D eigenvalue weighted by atomic mass is 32.2. The van der Waals surface area contributed by atoms with Crippen LogP contribution in [0.4, 0.5) is 11.4 Å².